The van der Waals surface area contributed by atoms with Crippen LogP contribution >= 0.6 is 11.6 Å². The second kappa shape index (κ2) is 7.09. The normalized spacial score (nSPS) is 16.9. The van der Waals surface area contributed by atoms with Gasteiger partial charge in [-0.05, 0) is 37.4 Å². The number of hydrogen-bond acceptors (Lipinski definition) is 4. The van der Waals surface area contributed by atoms with E-state index in [-0.39, 0.29) is 5.92 Å². The summed E-state index contributed by atoms with van der Waals surface area (Å²) in [4.78, 5) is 17.0. The second-order valence-corrected chi connectivity index (χ2v) is 7.09. The van der Waals surface area contributed by atoms with Gasteiger partial charge in [-0.15, -0.1) is 0 Å². The van der Waals surface area contributed by atoms with E-state index in [9.17, 15) is 13.2 Å². The molecule has 0 amide bonds. The number of fused-ring (bicyclic) bond motifs is 1. The summed E-state index contributed by atoms with van der Waals surface area (Å²) in [5.74, 6) is 0.929. The average Bonchev–Trinajstić information content (AvgIpc) is 3.07. The monoisotopic (exact) mass is 395 g/mol. The average molecular weight is 396 g/mol. The molecule has 0 aliphatic carbocycles. The molecule has 27 heavy (non-hydrogen) atoms. The van der Waals surface area contributed by atoms with Crippen molar-refractivity contribution in [3.63, 3.8) is 0 Å². The molecular weight excluding hydrogens is 379 g/mol. The first-order chi connectivity index (χ1) is 12.9. The highest BCUT2D eigenvalue weighted by atomic mass is 35.5. The molecule has 9 heteroatoms. The van der Waals surface area contributed by atoms with Crippen LogP contribution in [0.3, 0.4) is 0 Å². The van der Waals surface area contributed by atoms with Gasteiger partial charge in [0.25, 0.3) is 0 Å². The Labute approximate surface area is 158 Å². The van der Waals surface area contributed by atoms with E-state index in [2.05, 4.69) is 19.9 Å². The zero-order valence-corrected chi connectivity index (χ0v) is 15.1. The van der Waals surface area contributed by atoms with E-state index in [1.807, 2.05) is 24.3 Å². The lowest BCUT2D eigenvalue weighted by atomic mass is 9.89. The fourth-order valence-electron chi connectivity index (χ4n) is 3.53. The van der Waals surface area contributed by atoms with E-state index in [0.717, 1.165) is 24.0 Å². The summed E-state index contributed by atoms with van der Waals surface area (Å²) < 4.78 is 37.5. The van der Waals surface area contributed by atoms with Gasteiger partial charge in [0.2, 0.25) is 0 Å². The molecule has 0 spiro atoms. The number of H-pyrrole nitrogens is 1. The summed E-state index contributed by atoms with van der Waals surface area (Å²) in [6.07, 6.45) is -1.31. The van der Waals surface area contributed by atoms with Crippen molar-refractivity contribution in [2.45, 2.75) is 24.9 Å². The third kappa shape index (κ3) is 4.06. The first-order valence-corrected chi connectivity index (χ1v) is 9.02. The van der Waals surface area contributed by atoms with Gasteiger partial charge >= 0.3 is 6.18 Å². The Morgan fingerprint density at radius 2 is 1.81 bits per heavy atom. The van der Waals surface area contributed by atoms with E-state index in [0.29, 0.717) is 35.2 Å². The SMILES string of the molecule is FC(F)(F)CN1CCC(c2ccc(-c3nc4ncnc(Cl)c4[nH]3)cc2)CC1. The van der Waals surface area contributed by atoms with E-state index in [4.69, 9.17) is 11.6 Å². The molecule has 1 aliphatic rings. The molecule has 4 rings (SSSR count). The number of hydrogen-bond donors (Lipinski definition) is 1. The van der Waals surface area contributed by atoms with Crippen LogP contribution in [0.1, 0.15) is 24.3 Å². The number of benzene rings is 1. The predicted octanol–water partition coefficient (Wildman–Crippen LogP) is 4.42. The van der Waals surface area contributed by atoms with Crippen LogP contribution in [0.5, 0.6) is 0 Å². The molecule has 1 aliphatic heterocycles. The molecular formula is C18H17ClF3N5. The smallest absolute Gasteiger partial charge is 0.334 e. The number of imidazole rings is 1. The Hall–Kier alpha value is -2.19. The molecule has 3 aromatic rings. The maximum atomic E-state index is 12.5. The van der Waals surface area contributed by atoms with Crippen molar-refractivity contribution in [3.05, 3.63) is 41.3 Å². The Morgan fingerprint density at radius 1 is 1.11 bits per heavy atom. The molecule has 1 N–H and O–H groups in total. The van der Waals surface area contributed by atoms with Crippen molar-refractivity contribution in [1.82, 2.24) is 24.8 Å². The molecule has 142 valence electrons. The van der Waals surface area contributed by atoms with Gasteiger partial charge in [0, 0.05) is 5.56 Å². The quantitative estimate of drug-likeness (QED) is 0.667. The zero-order chi connectivity index (χ0) is 19.0. The van der Waals surface area contributed by atoms with Crippen molar-refractivity contribution < 1.29 is 13.2 Å². The number of piperidine rings is 1. The number of aromatic nitrogens is 4. The lowest BCUT2D eigenvalue weighted by molar-refractivity contribution is -0.147. The molecule has 0 radical (unpaired) electrons. The van der Waals surface area contributed by atoms with E-state index in [1.54, 1.807) is 0 Å². The zero-order valence-electron chi connectivity index (χ0n) is 14.3. The fourth-order valence-corrected chi connectivity index (χ4v) is 3.70. The van der Waals surface area contributed by atoms with Crippen LogP contribution < -0.4 is 0 Å². The summed E-state index contributed by atoms with van der Waals surface area (Å²) in [5, 5.41) is 0.320. The lowest BCUT2D eigenvalue weighted by Gasteiger charge is -2.32. The topological polar surface area (TPSA) is 57.7 Å². The molecule has 0 saturated carbocycles. The van der Waals surface area contributed by atoms with Gasteiger partial charge in [-0.1, -0.05) is 35.9 Å². The Kier molecular flexibility index (Phi) is 4.77. The van der Waals surface area contributed by atoms with E-state index >= 15 is 0 Å². The molecule has 0 bridgehead atoms. The Bertz CT molecular complexity index is 930. The van der Waals surface area contributed by atoms with Crippen molar-refractivity contribution in [2.75, 3.05) is 19.6 Å². The van der Waals surface area contributed by atoms with Crippen LogP contribution in [0.15, 0.2) is 30.6 Å². The van der Waals surface area contributed by atoms with Crippen LogP contribution in [0.4, 0.5) is 13.2 Å². The second-order valence-electron chi connectivity index (χ2n) is 6.74. The maximum Gasteiger partial charge on any atom is 0.401 e. The van der Waals surface area contributed by atoms with E-state index in [1.165, 1.54) is 11.2 Å². The minimum absolute atomic E-state index is 0.277. The predicted molar refractivity (Wildman–Crippen MR) is 96.6 cm³/mol. The highest BCUT2D eigenvalue weighted by molar-refractivity contribution is 6.33. The Balaban J connectivity index is 1.45. The number of rotatable bonds is 3. The van der Waals surface area contributed by atoms with Gasteiger partial charge in [-0.2, -0.15) is 13.2 Å². The third-order valence-corrected chi connectivity index (χ3v) is 5.17. The summed E-state index contributed by atoms with van der Waals surface area (Å²) in [6, 6.07) is 7.94. The number of halogens is 4. The van der Waals surface area contributed by atoms with Gasteiger partial charge in [0.15, 0.2) is 10.8 Å². The summed E-state index contributed by atoms with van der Waals surface area (Å²) in [7, 11) is 0. The van der Waals surface area contributed by atoms with Crippen molar-refractivity contribution >= 4 is 22.8 Å². The summed E-state index contributed by atoms with van der Waals surface area (Å²) in [6.45, 7) is 0.107. The molecule has 2 aromatic heterocycles. The minimum atomic E-state index is -4.13. The van der Waals surface area contributed by atoms with Crippen LogP contribution in [0, 0.1) is 0 Å². The number of nitrogens with zero attached hydrogens (tertiary/aromatic N) is 4. The Morgan fingerprint density at radius 3 is 2.44 bits per heavy atom. The molecule has 3 heterocycles. The van der Waals surface area contributed by atoms with Crippen LogP contribution in [-0.4, -0.2) is 50.6 Å². The molecule has 1 aromatic carbocycles. The fraction of sp³-hybridized carbons (Fsp3) is 0.389. The summed E-state index contributed by atoms with van der Waals surface area (Å²) in [5.41, 5.74) is 3.13. The summed E-state index contributed by atoms with van der Waals surface area (Å²) >= 11 is 6.04. The largest absolute Gasteiger partial charge is 0.401 e. The van der Waals surface area contributed by atoms with Gasteiger partial charge in [-0.3, -0.25) is 4.90 Å². The first-order valence-electron chi connectivity index (χ1n) is 8.65. The maximum absolute atomic E-state index is 12.5. The number of nitrogens with one attached hydrogen (secondary N) is 1. The van der Waals surface area contributed by atoms with Crippen LogP contribution in [0.2, 0.25) is 5.15 Å². The standard InChI is InChI=1S/C18H17ClF3N5/c19-15-14-17(24-10-23-15)26-16(25-14)13-3-1-11(2-4-13)12-5-7-27(8-6-12)9-18(20,21)22/h1-4,10,12H,5-9H2,(H,23,24,25,26). The molecule has 0 unspecified atom stereocenters. The van der Waals surface area contributed by atoms with Gasteiger partial charge in [0.1, 0.15) is 17.7 Å². The van der Waals surface area contributed by atoms with Crippen LogP contribution in [-0.2, 0) is 0 Å². The molecule has 1 fully saturated rings. The molecule has 1 saturated heterocycles. The van der Waals surface area contributed by atoms with Gasteiger partial charge in [0.05, 0.1) is 6.54 Å². The number of likely N-dealkylation sites (tertiary alicyclic amines) is 1. The third-order valence-electron chi connectivity index (χ3n) is 4.89. The first kappa shape index (κ1) is 18.2. The highest BCUT2D eigenvalue weighted by Crippen LogP contribution is 2.31. The number of aromatic amines is 1. The van der Waals surface area contributed by atoms with E-state index < -0.39 is 12.7 Å². The number of alkyl halides is 3. The van der Waals surface area contributed by atoms with Crippen molar-refractivity contribution in [3.8, 4) is 11.4 Å². The highest BCUT2D eigenvalue weighted by Gasteiger charge is 2.32. The van der Waals surface area contributed by atoms with Crippen molar-refractivity contribution in [2.24, 2.45) is 0 Å². The molecule has 0 atom stereocenters. The minimum Gasteiger partial charge on any atom is -0.334 e. The van der Waals surface area contributed by atoms with Crippen LogP contribution in [0.25, 0.3) is 22.6 Å². The van der Waals surface area contributed by atoms with Crippen molar-refractivity contribution in [1.29, 1.82) is 0 Å². The van der Waals surface area contributed by atoms with Gasteiger partial charge < -0.3 is 4.98 Å². The van der Waals surface area contributed by atoms with Gasteiger partial charge in [-0.25, -0.2) is 15.0 Å². The molecule has 5 nitrogen and oxygen atoms in total. The lowest BCUT2D eigenvalue weighted by Crippen LogP contribution is -2.39.